The van der Waals surface area contributed by atoms with Gasteiger partial charge in [0.05, 0.1) is 6.54 Å². The average molecular weight is 246 g/mol. The van der Waals surface area contributed by atoms with Crippen LogP contribution in [0.4, 0.5) is 5.82 Å². The summed E-state index contributed by atoms with van der Waals surface area (Å²) in [6, 6.07) is 0. The summed E-state index contributed by atoms with van der Waals surface area (Å²) in [5.74, 6) is 2.69. The molecule has 0 aromatic carbocycles. The molecular formula is C13H20N5+. The number of imidazole rings is 1. The third-order valence-electron chi connectivity index (χ3n) is 3.39. The number of rotatable bonds is 5. The minimum absolute atomic E-state index is 0.640. The Bertz CT molecular complexity index is 556. The fourth-order valence-electron chi connectivity index (χ4n) is 2.16. The summed E-state index contributed by atoms with van der Waals surface area (Å²) in [7, 11) is 0. The highest BCUT2D eigenvalue weighted by molar-refractivity contribution is 5.80. The molecule has 5 nitrogen and oxygen atoms in total. The lowest BCUT2D eigenvalue weighted by Crippen LogP contribution is -2.34. The Morgan fingerprint density at radius 3 is 2.94 bits per heavy atom. The van der Waals surface area contributed by atoms with Crippen molar-refractivity contribution in [1.29, 1.82) is 0 Å². The molecule has 1 fully saturated rings. The van der Waals surface area contributed by atoms with Crippen molar-refractivity contribution in [2.24, 2.45) is 0 Å². The molecular weight excluding hydrogens is 226 g/mol. The van der Waals surface area contributed by atoms with Gasteiger partial charge in [-0.05, 0) is 26.2 Å². The van der Waals surface area contributed by atoms with Crippen molar-refractivity contribution in [2.75, 3.05) is 11.9 Å². The third kappa shape index (κ3) is 1.94. The van der Waals surface area contributed by atoms with Gasteiger partial charge in [-0.1, -0.05) is 16.9 Å². The van der Waals surface area contributed by atoms with Gasteiger partial charge in [0.25, 0.3) is 5.65 Å². The van der Waals surface area contributed by atoms with Crippen LogP contribution in [0.2, 0.25) is 0 Å². The Morgan fingerprint density at radius 1 is 1.44 bits per heavy atom. The fraction of sp³-hybridized carbons (Fsp3) is 0.615. The van der Waals surface area contributed by atoms with Crippen LogP contribution in [0.15, 0.2) is 6.33 Å². The molecule has 0 bridgehead atoms. The third-order valence-corrected chi connectivity index (χ3v) is 3.39. The highest BCUT2D eigenvalue weighted by Crippen LogP contribution is 2.39. The molecule has 1 aliphatic carbocycles. The van der Waals surface area contributed by atoms with Gasteiger partial charge >= 0.3 is 0 Å². The summed E-state index contributed by atoms with van der Waals surface area (Å²) in [6.45, 7) is 6.11. The number of fused-ring (bicyclic) bond motifs is 1. The first kappa shape index (κ1) is 11.4. The summed E-state index contributed by atoms with van der Waals surface area (Å²) >= 11 is 0. The van der Waals surface area contributed by atoms with Gasteiger partial charge < -0.3 is 10.3 Å². The molecule has 5 heteroatoms. The summed E-state index contributed by atoms with van der Waals surface area (Å²) in [6.07, 6.45) is 5.49. The summed E-state index contributed by atoms with van der Waals surface area (Å²) < 4.78 is 2.09. The monoisotopic (exact) mass is 246 g/mol. The molecule has 0 saturated heterocycles. The van der Waals surface area contributed by atoms with Crippen molar-refractivity contribution >= 4 is 17.0 Å². The molecule has 0 unspecified atom stereocenters. The van der Waals surface area contributed by atoms with E-state index in [9.17, 15) is 0 Å². The normalized spacial score (nSPS) is 15.2. The van der Waals surface area contributed by atoms with E-state index < -0.39 is 0 Å². The molecule has 2 N–H and O–H groups in total. The largest absolute Gasteiger partial charge is 0.354 e. The predicted octanol–water partition coefficient (Wildman–Crippen LogP) is 1.96. The predicted molar refractivity (Wildman–Crippen MR) is 70.5 cm³/mol. The fourth-order valence-corrected chi connectivity index (χ4v) is 2.16. The number of aryl methyl sites for hydroxylation is 1. The Kier molecular flexibility index (Phi) is 2.89. The number of anilines is 1. The maximum atomic E-state index is 4.74. The van der Waals surface area contributed by atoms with E-state index in [1.54, 1.807) is 0 Å². The lowest BCUT2D eigenvalue weighted by atomic mass is 10.4. The van der Waals surface area contributed by atoms with E-state index in [1.165, 1.54) is 12.8 Å². The second-order valence-corrected chi connectivity index (χ2v) is 4.90. The molecule has 0 aliphatic heterocycles. The van der Waals surface area contributed by atoms with Crippen LogP contribution in [0.5, 0.6) is 0 Å². The van der Waals surface area contributed by atoms with Crippen LogP contribution < -0.4 is 9.88 Å². The second-order valence-electron chi connectivity index (χ2n) is 4.90. The minimum Gasteiger partial charge on any atom is -0.354 e. The highest BCUT2D eigenvalue weighted by atomic mass is 15.2. The standard InChI is InChI=1S/C13H19N5/c1-3-7-14-12-10-13(18(4-2)8-15-12)17-11(16-10)9-5-6-9/h8-9H,3-7H2,1-2H3,(H,14,16,17)/p+1. The van der Waals surface area contributed by atoms with E-state index in [1.807, 2.05) is 6.33 Å². The number of H-pyrrole nitrogens is 1. The Labute approximate surface area is 107 Å². The minimum atomic E-state index is 0.640. The lowest BCUT2D eigenvalue weighted by molar-refractivity contribution is -0.672. The van der Waals surface area contributed by atoms with Crippen LogP contribution in [0, 0.1) is 0 Å². The van der Waals surface area contributed by atoms with E-state index >= 15 is 0 Å². The molecule has 3 rings (SSSR count). The van der Waals surface area contributed by atoms with Gasteiger partial charge in [-0.3, -0.25) is 0 Å². The molecule has 1 aliphatic rings. The zero-order valence-electron chi connectivity index (χ0n) is 11.0. The van der Waals surface area contributed by atoms with Crippen molar-refractivity contribution in [3.05, 3.63) is 12.2 Å². The zero-order valence-corrected chi connectivity index (χ0v) is 11.0. The van der Waals surface area contributed by atoms with Gasteiger partial charge in [-0.15, -0.1) is 0 Å². The molecule has 0 atom stereocenters. The van der Waals surface area contributed by atoms with E-state index in [-0.39, 0.29) is 0 Å². The first-order chi connectivity index (χ1) is 8.83. The SMILES string of the molecule is CCCNc1nc[n+](CC)c2nc(C3CC3)[nH]c12. The number of aromatic nitrogens is 4. The number of hydrogen-bond acceptors (Lipinski definition) is 3. The van der Waals surface area contributed by atoms with Crippen LogP contribution in [0.1, 0.15) is 44.9 Å². The van der Waals surface area contributed by atoms with Crippen LogP contribution in [0.3, 0.4) is 0 Å². The molecule has 2 aromatic rings. The van der Waals surface area contributed by atoms with Gasteiger partial charge in [0, 0.05) is 12.5 Å². The van der Waals surface area contributed by atoms with Crippen LogP contribution in [-0.4, -0.2) is 21.5 Å². The first-order valence-corrected chi connectivity index (χ1v) is 6.85. The second kappa shape index (κ2) is 4.55. The summed E-state index contributed by atoms with van der Waals surface area (Å²) in [5.41, 5.74) is 2.07. The van der Waals surface area contributed by atoms with E-state index in [2.05, 4.69) is 33.7 Å². The highest BCUT2D eigenvalue weighted by Gasteiger charge is 2.31. The Morgan fingerprint density at radius 2 is 2.28 bits per heavy atom. The smallest absolute Gasteiger partial charge is 0.293 e. The maximum absolute atomic E-state index is 4.74. The molecule has 96 valence electrons. The first-order valence-electron chi connectivity index (χ1n) is 6.85. The number of aromatic amines is 1. The van der Waals surface area contributed by atoms with Crippen molar-refractivity contribution in [2.45, 2.75) is 45.6 Å². The topological polar surface area (TPSA) is 57.5 Å². The van der Waals surface area contributed by atoms with Gasteiger partial charge in [0.15, 0.2) is 11.3 Å². The van der Waals surface area contributed by atoms with Crippen LogP contribution in [0.25, 0.3) is 11.2 Å². The van der Waals surface area contributed by atoms with Crippen LogP contribution >= 0.6 is 0 Å². The summed E-state index contributed by atoms with van der Waals surface area (Å²) in [5, 5.41) is 3.37. The quantitative estimate of drug-likeness (QED) is 0.793. The van der Waals surface area contributed by atoms with Gasteiger partial charge in [0.1, 0.15) is 0 Å². The van der Waals surface area contributed by atoms with E-state index in [0.29, 0.717) is 5.92 Å². The number of nitrogens with zero attached hydrogens (tertiary/aromatic N) is 3. The van der Waals surface area contributed by atoms with Crippen molar-refractivity contribution in [3.63, 3.8) is 0 Å². The average Bonchev–Trinajstić information content (AvgIpc) is 3.15. The molecule has 0 amide bonds. The van der Waals surface area contributed by atoms with E-state index in [0.717, 1.165) is 42.3 Å². The number of nitrogens with one attached hydrogen (secondary N) is 2. The maximum Gasteiger partial charge on any atom is 0.293 e. The van der Waals surface area contributed by atoms with Crippen molar-refractivity contribution < 1.29 is 4.57 Å². The van der Waals surface area contributed by atoms with Crippen molar-refractivity contribution in [3.8, 4) is 0 Å². The van der Waals surface area contributed by atoms with Crippen molar-refractivity contribution in [1.82, 2.24) is 15.0 Å². The van der Waals surface area contributed by atoms with Gasteiger partial charge in [0.2, 0.25) is 12.1 Å². The van der Waals surface area contributed by atoms with Crippen LogP contribution in [-0.2, 0) is 6.54 Å². The molecule has 1 saturated carbocycles. The molecule has 2 aromatic heterocycles. The molecule has 0 spiro atoms. The number of hydrogen-bond donors (Lipinski definition) is 2. The van der Waals surface area contributed by atoms with E-state index in [4.69, 9.17) is 4.98 Å². The molecule has 18 heavy (non-hydrogen) atoms. The lowest BCUT2D eigenvalue weighted by Gasteiger charge is -2.02. The summed E-state index contributed by atoms with van der Waals surface area (Å²) in [4.78, 5) is 12.7. The molecule has 2 heterocycles. The Balaban J connectivity index is 2.07. The molecule has 0 radical (unpaired) electrons. The van der Waals surface area contributed by atoms with Gasteiger partial charge in [-0.2, -0.15) is 0 Å². The zero-order chi connectivity index (χ0) is 12.5. The van der Waals surface area contributed by atoms with Gasteiger partial charge in [-0.25, -0.2) is 4.57 Å². The Hall–Kier alpha value is -1.65.